The molecule has 0 spiro atoms. The molecule has 2 fully saturated rings. The van der Waals surface area contributed by atoms with Crippen LogP contribution < -0.4 is 15.5 Å². The molecule has 2 N–H and O–H groups in total. The molecule has 0 atom stereocenters. The number of amides is 2. The Kier molecular flexibility index (Phi) is 6.82. The minimum Gasteiger partial charge on any atom is -0.352 e. The highest BCUT2D eigenvalue weighted by Crippen LogP contribution is 2.29. The average Bonchev–Trinajstić information content (AvgIpc) is 3.59. The van der Waals surface area contributed by atoms with E-state index in [9.17, 15) is 9.59 Å². The molecule has 34 heavy (non-hydrogen) atoms. The average molecular weight is 494 g/mol. The Morgan fingerprint density at radius 1 is 1.00 bits per heavy atom. The van der Waals surface area contributed by atoms with Crippen molar-refractivity contribution in [1.82, 2.24) is 15.5 Å². The van der Waals surface area contributed by atoms with Crippen molar-refractivity contribution in [3.63, 3.8) is 0 Å². The third-order valence-corrected chi connectivity index (χ3v) is 7.96. The van der Waals surface area contributed by atoms with Crippen molar-refractivity contribution in [1.29, 1.82) is 0 Å². The highest BCUT2D eigenvalue weighted by Gasteiger charge is 2.22. The third-order valence-electron chi connectivity index (χ3n) is 6.12. The summed E-state index contributed by atoms with van der Waals surface area (Å²) in [6.45, 7) is 4.68. The fraction of sp³-hybridized carbons (Fsp3) is 0.360. The van der Waals surface area contributed by atoms with Gasteiger partial charge < -0.3 is 10.2 Å². The molecule has 2 aliphatic rings. The summed E-state index contributed by atoms with van der Waals surface area (Å²) in [7, 11) is 0. The number of benzene rings is 2. The first-order valence-electron chi connectivity index (χ1n) is 11.5. The Balaban J connectivity index is 1.27. The topological polar surface area (TPSA) is 87.2 Å². The van der Waals surface area contributed by atoms with Gasteiger partial charge in [-0.15, -0.1) is 10.2 Å². The van der Waals surface area contributed by atoms with Gasteiger partial charge in [-0.1, -0.05) is 29.5 Å². The molecule has 1 aliphatic heterocycles. The van der Waals surface area contributed by atoms with Gasteiger partial charge in [-0.3, -0.25) is 14.9 Å². The molecule has 1 aromatic heterocycles. The summed E-state index contributed by atoms with van der Waals surface area (Å²) in [5.41, 5.74) is 4.19. The number of carbonyl (C=O) groups excluding carboxylic acids is 2. The molecule has 2 aromatic carbocycles. The first kappa shape index (κ1) is 22.9. The lowest BCUT2D eigenvalue weighted by Crippen LogP contribution is -2.32. The van der Waals surface area contributed by atoms with E-state index in [1.54, 1.807) is 0 Å². The summed E-state index contributed by atoms with van der Waals surface area (Å²) in [6.07, 6.45) is 2.42. The molecule has 0 unspecified atom stereocenters. The molecule has 2 amide bonds. The number of hydrogen-bond donors (Lipinski definition) is 2. The van der Waals surface area contributed by atoms with Gasteiger partial charge in [0.2, 0.25) is 10.3 Å². The second-order valence-electron chi connectivity index (χ2n) is 8.70. The van der Waals surface area contributed by atoms with Crippen molar-refractivity contribution in [2.45, 2.75) is 19.8 Å². The van der Waals surface area contributed by atoms with Crippen molar-refractivity contribution in [2.24, 2.45) is 5.92 Å². The van der Waals surface area contributed by atoms with E-state index in [0.29, 0.717) is 22.2 Å². The monoisotopic (exact) mass is 493 g/mol. The maximum absolute atomic E-state index is 12.9. The smallest absolute Gasteiger partial charge is 0.257 e. The molecule has 1 aliphatic carbocycles. The molecule has 1 saturated heterocycles. The minimum absolute atomic E-state index is 0.0389. The molecule has 176 valence electrons. The van der Waals surface area contributed by atoms with Crippen LogP contribution >= 0.6 is 23.1 Å². The molecule has 0 radical (unpaired) electrons. The summed E-state index contributed by atoms with van der Waals surface area (Å²) in [4.78, 5) is 27.5. The van der Waals surface area contributed by atoms with Crippen LogP contribution in [0.3, 0.4) is 0 Å². The van der Waals surface area contributed by atoms with Crippen LogP contribution in [-0.2, 0) is 0 Å². The second kappa shape index (κ2) is 10.1. The number of nitrogens with zero attached hydrogens (tertiary/aromatic N) is 3. The van der Waals surface area contributed by atoms with Gasteiger partial charge in [0.1, 0.15) is 0 Å². The maximum atomic E-state index is 12.9. The fourth-order valence-electron chi connectivity index (χ4n) is 3.85. The van der Waals surface area contributed by atoms with Crippen molar-refractivity contribution in [3.8, 4) is 11.1 Å². The predicted octanol–water partition coefficient (Wildman–Crippen LogP) is 4.46. The van der Waals surface area contributed by atoms with E-state index in [0.717, 1.165) is 53.0 Å². The third kappa shape index (κ3) is 5.42. The maximum Gasteiger partial charge on any atom is 0.257 e. The highest BCUT2D eigenvalue weighted by molar-refractivity contribution is 7.99. The number of nitrogens with one attached hydrogen (secondary N) is 2. The van der Waals surface area contributed by atoms with Crippen LogP contribution in [0.15, 0.2) is 42.5 Å². The van der Waals surface area contributed by atoms with Crippen molar-refractivity contribution in [2.75, 3.05) is 41.4 Å². The van der Waals surface area contributed by atoms with Crippen LogP contribution in [0.4, 0.5) is 10.3 Å². The Hall–Kier alpha value is -2.91. The van der Waals surface area contributed by atoms with Crippen molar-refractivity contribution < 1.29 is 9.59 Å². The molecular formula is C25H27N5O2S2. The lowest BCUT2D eigenvalue weighted by molar-refractivity contribution is 0.0951. The van der Waals surface area contributed by atoms with Crippen LogP contribution in [0.2, 0.25) is 0 Å². The van der Waals surface area contributed by atoms with Crippen LogP contribution in [-0.4, -0.2) is 53.2 Å². The highest BCUT2D eigenvalue weighted by atomic mass is 32.2. The molecule has 1 saturated carbocycles. The summed E-state index contributed by atoms with van der Waals surface area (Å²) in [5.74, 6) is 2.56. The molecule has 3 aromatic rings. The van der Waals surface area contributed by atoms with E-state index < -0.39 is 0 Å². The quantitative estimate of drug-likeness (QED) is 0.505. The van der Waals surface area contributed by atoms with E-state index in [4.69, 9.17) is 0 Å². The number of hydrogen-bond acceptors (Lipinski definition) is 7. The van der Waals surface area contributed by atoms with Crippen molar-refractivity contribution >= 4 is 45.2 Å². The van der Waals surface area contributed by atoms with E-state index in [-0.39, 0.29) is 11.8 Å². The van der Waals surface area contributed by atoms with Gasteiger partial charge in [0, 0.05) is 42.3 Å². The lowest BCUT2D eigenvalue weighted by atomic mass is 9.97. The Bertz CT molecular complexity index is 1180. The standard InChI is InChI=1S/C25H27N5O2S2/c1-16-2-5-20(23(32)27-24-28-29-25(34-24)30-10-12-33-13-11-30)14-21(16)18-6-8-19(9-7-18)22(31)26-15-17-3-4-17/h2,5-9,14,17H,3-4,10-13,15H2,1H3,(H,26,31)(H,27,28,32). The SMILES string of the molecule is Cc1ccc(C(=O)Nc2nnc(N3CCSCC3)s2)cc1-c1ccc(C(=O)NCC2CC2)cc1. The van der Waals surface area contributed by atoms with Crippen LogP contribution in [0, 0.1) is 12.8 Å². The number of aryl methyl sites for hydroxylation is 1. The summed E-state index contributed by atoms with van der Waals surface area (Å²) in [6, 6.07) is 13.2. The number of rotatable bonds is 7. The van der Waals surface area contributed by atoms with Gasteiger partial charge in [-0.25, -0.2) is 0 Å². The zero-order valence-electron chi connectivity index (χ0n) is 19.0. The summed E-state index contributed by atoms with van der Waals surface area (Å²) < 4.78 is 0. The minimum atomic E-state index is -0.214. The molecule has 2 heterocycles. The van der Waals surface area contributed by atoms with Crippen molar-refractivity contribution in [3.05, 3.63) is 59.2 Å². The van der Waals surface area contributed by atoms with Gasteiger partial charge in [0.15, 0.2) is 0 Å². The largest absolute Gasteiger partial charge is 0.352 e. The van der Waals surface area contributed by atoms with Gasteiger partial charge in [-0.2, -0.15) is 11.8 Å². The lowest BCUT2D eigenvalue weighted by Gasteiger charge is -2.24. The van der Waals surface area contributed by atoms with Crippen LogP contribution in [0.1, 0.15) is 39.1 Å². The van der Waals surface area contributed by atoms with E-state index in [2.05, 4.69) is 25.7 Å². The van der Waals surface area contributed by atoms with E-state index in [1.807, 2.05) is 61.2 Å². The van der Waals surface area contributed by atoms with Gasteiger partial charge >= 0.3 is 0 Å². The number of thioether (sulfide) groups is 1. The molecular weight excluding hydrogens is 466 g/mol. The Labute approximate surface area is 207 Å². The first-order valence-corrected chi connectivity index (χ1v) is 13.5. The normalized spacial score (nSPS) is 15.7. The van der Waals surface area contributed by atoms with Gasteiger partial charge in [0.05, 0.1) is 0 Å². The second-order valence-corrected chi connectivity index (χ2v) is 10.9. The van der Waals surface area contributed by atoms with Gasteiger partial charge in [-0.05, 0) is 66.6 Å². The predicted molar refractivity (Wildman–Crippen MR) is 139 cm³/mol. The summed E-state index contributed by atoms with van der Waals surface area (Å²) >= 11 is 3.35. The molecule has 7 nitrogen and oxygen atoms in total. The van der Waals surface area contributed by atoms with E-state index in [1.165, 1.54) is 24.2 Å². The first-order chi connectivity index (χ1) is 16.6. The fourth-order valence-corrected chi connectivity index (χ4v) is 5.55. The Morgan fingerprint density at radius 2 is 1.74 bits per heavy atom. The molecule has 5 rings (SSSR count). The summed E-state index contributed by atoms with van der Waals surface area (Å²) in [5, 5.41) is 15.6. The zero-order chi connectivity index (χ0) is 23.5. The Morgan fingerprint density at radius 3 is 2.47 bits per heavy atom. The van der Waals surface area contributed by atoms with E-state index >= 15 is 0 Å². The number of carbonyl (C=O) groups is 2. The molecule has 0 bridgehead atoms. The molecule has 9 heteroatoms. The van der Waals surface area contributed by atoms with Crippen LogP contribution in [0.25, 0.3) is 11.1 Å². The van der Waals surface area contributed by atoms with Crippen LogP contribution in [0.5, 0.6) is 0 Å². The van der Waals surface area contributed by atoms with Gasteiger partial charge in [0.25, 0.3) is 11.8 Å². The number of aromatic nitrogens is 2. The zero-order valence-corrected chi connectivity index (χ0v) is 20.7. The number of anilines is 2.